The Morgan fingerprint density at radius 2 is 1.62 bits per heavy atom. The number of likely N-dealkylation sites (tertiary alicyclic amines) is 1. The molecular weight excluding hydrogens is 434 g/mol. The zero-order chi connectivity index (χ0) is 24.2. The van der Waals surface area contributed by atoms with Crippen LogP contribution in [0.3, 0.4) is 0 Å². The van der Waals surface area contributed by atoms with Crippen LogP contribution in [0.15, 0.2) is 48.0 Å². The molecule has 0 spiro atoms. The first-order valence-corrected chi connectivity index (χ1v) is 11.8. The number of aliphatic hydroxyl groups excluding tert-OH is 1. The fraction of sp³-hybridized carbons (Fsp3) is 0.407. The highest BCUT2D eigenvalue weighted by Crippen LogP contribution is 2.45. The molecular formula is C27H31NO6. The van der Waals surface area contributed by atoms with Crippen LogP contribution in [0.2, 0.25) is 0 Å². The van der Waals surface area contributed by atoms with Crippen molar-refractivity contribution in [1.82, 2.24) is 4.90 Å². The number of Topliss-reactive ketones (excluding diaryl/α,β-unsaturated/α-hetero) is 1. The molecule has 180 valence electrons. The van der Waals surface area contributed by atoms with Gasteiger partial charge in [0.05, 0.1) is 37.5 Å². The van der Waals surface area contributed by atoms with Crippen LogP contribution < -0.4 is 14.2 Å². The Bertz CT molecular complexity index is 1080. The molecule has 2 aliphatic rings. The molecule has 1 amide bonds. The third kappa shape index (κ3) is 4.34. The van der Waals surface area contributed by atoms with Crippen molar-refractivity contribution in [2.24, 2.45) is 0 Å². The average molecular weight is 466 g/mol. The van der Waals surface area contributed by atoms with Gasteiger partial charge in [0.15, 0.2) is 0 Å². The summed E-state index contributed by atoms with van der Waals surface area (Å²) in [7, 11) is 1.58. The molecule has 0 radical (unpaired) electrons. The van der Waals surface area contributed by atoms with Crippen LogP contribution in [0, 0.1) is 0 Å². The number of carbonyl (C=O) groups is 2. The van der Waals surface area contributed by atoms with Gasteiger partial charge in [-0.05, 0) is 56.5 Å². The first-order chi connectivity index (χ1) is 16.5. The second-order valence-corrected chi connectivity index (χ2v) is 8.44. The predicted octanol–water partition coefficient (Wildman–Crippen LogP) is 4.86. The lowest BCUT2D eigenvalue weighted by atomic mass is 9.94. The summed E-state index contributed by atoms with van der Waals surface area (Å²) in [4.78, 5) is 28.2. The van der Waals surface area contributed by atoms with Crippen molar-refractivity contribution >= 4 is 17.4 Å². The molecule has 2 aromatic carbocycles. The van der Waals surface area contributed by atoms with Crippen molar-refractivity contribution in [3.63, 3.8) is 0 Å². The monoisotopic (exact) mass is 465 g/mol. The SMILES string of the molecule is CCOc1ccc(/C(O)=C2/C(=O)C(=O)N(C3CCCC3)C2c2ccc(OC)cc2)c(OCC)c1. The lowest BCUT2D eigenvalue weighted by Crippen LogP contribution is -2.37. The van der Waals surface area contributed by atoms with Gasteiger partial charge in [-0.25, -0.2) is 0 Å². The molecule has 34 heavy (non-hydrogen) atoms. The van der Waals surface area contributed by atoms with Crippen LogP contribution in [-0.2, 0) is 9.59 Å². The van der Waals surface area contributed by atoms with E-state index in [1.807, 2.05) is 26.0 Å². The van der Waals surface area contributed by atoms with Gasteiger partial charge in [-0.1, -0.05) is 25.0 Å². The normalized spacial score (nSPS) is 20.1. The fourth-order valence-electron chi connectivity index (χ4n) is 4.90. The number of hydrogen-bond acceptors (Lipinski definition) is 6. The summed E-state index contributed by atoms with van der Waals surface area (Å²) in [5, 5.41) is 11.5. The van der Waals surface area contributed by atoms with E-state index < -0.39 is 17.7 Å². The number of hydrogen-bond donors (Lipinski definition) is 1. The average Bonchev–Trinajstić information content (AvgIpc) is 3.46. The first kappa shape index (κ1) is 23.7. The van der Waals surface area contributed by atoms with E-state index >= 15 is 0 Å². The van der Waals surface area contributed by atoms with E-state index in [0.29, 0.717) is 36.0 Å². The topological polar surface area (TPSA) is 85.3 Å². The molecule has 4 rings (SSSR count). The Hall–Kier alpha value is -3.48. The predicted molar refractivity (Wildman–Crippen MR) is 128 cm³/mol. The van der Waals surface area contributed by atoms with Crippen LogP contribution >= 0.6 is 0 Å². The van der Waals surface area contributed by atoms with Crippen molar-refractivity contribution in [3.05, 3.63) is 59.2 Å². The van der Waals surface area contributed by atoms with E-state index in [0.717, 1.165) is 31.2 Å². The van der Waals surface area contributed by atoms with Crippen molar-refractivity contribution in [2.75, 3.05) is 20.3 Å². The number of amides is 1. The second kappa shape index (κ2) is 10.2. The highest BCUT2D eigenvalue weighted by Gasteiger charge is 2.49. The third-order valence-electron chi connectivity index (χ3n) is 6.45. The maximum atomic E-state index is 13.3. The van der Waals surface area contributed by atoms with E-state index in [9.17, 15) is 14.7 Å². The molecule has 1 aliphatic carbocycles. The van der Waals surface area contributed by atoms with Gasteiger partial charge in [-0.3, -0.25) is 9.59 Å². The largest absolute Gasteiger partial charge is 0.507 e. The van der Waals surface area contributed by atoms with Gasteiger partial charge in [0.25, 0.3) is 11.7 Å². The molecule has 1 N–H and O–H groups in total. The molecule has 7 heteroatoms. The summed E-state index contributed by atoms with van der Waals surface area (Å²) in [5.41, 5.74) is 1.18. The summed E-state index contributed by atoms with van der Waals surface area (Å²) in [6, 6.07) is 11.6. The summed E-state index contributed by atoms with van der Waals surface area (Å²) < 4.78 is 16.6. The van der Waals surface area contributed by atoms with E-state index in [1.165, 1.54) is 0 Å². The quantitative estimate of drug-likeness (QED) is 0.341. The van der Waals surface area contributed by atoms with Gasteiger partial charge >= 0.3 is 0 Å². The molecule has 0 aromatic heterocycles. The minimum Gasteiger partial charge on any atom is -0.507 e. The highest BCUT2D eigenvalue weighted by molar-refractivity contribution is 6.46. The van der Waals surface area contributed by atoms with E-state index in [1.54, 1.807) is 42.3 Å². The summed E-state index contributed by atoms with van der Waals surface area (Å²) >= 11 is 0. The second-order valence-electron chi connectivity index (χ2n) is 8.44. The van der Waals surface area contributed by atoms with Crippen molar-refractivity contribution in [2.45, 2.75) is 51.6 Å². The Labute approximate surface area is 199 Å². The molecule has 1 saturated carbocycles. The Kier molecular flexibility index (Phi) is 7.10. The molecule has 1 aliphatic heterocycles. The lowest BCUT2D eigenvalue weighted by Gasteiger charge is -2.31. The van der Waals surface area contributed by atoms with E-state index in [4.69, 9.17) is 14.2 Å². The summed E-state index contributed by atoms with van der Waals surface area (Å²) in [5.74, 6) is 0.171. The van der Waals surface area contributed by atoms with Crippen LogP contribution in [0.25, 0.3) is 5.76 Å². The van der Waals surface area contributed by atoms with Gasteiger partial charge in [0, 0.05) is 12.1 Å². The fourth-order valence-corrected chi connectivity index (χ4v) is 4.90. The van der Waals surface area contributed by atoms with Gasteiger partial charge in [0.1, 0.15) is 23.0 Å². The molecule has 2 fully saturated rings. The van der Waals surface area contributed by atoms with Crippen LogP contribution in [0.1, 0.15) is 56.7 Å². The Morgan fingerprint density at radius 3 is 2.24 bits per heavy atom. The third-order valence-corrected chi connectivity index (χ3v) is 6.45. The number of rotatable bonds is 8. The van der Waals surface area contributed by atoms with Crippen molar-refractivity contribution in [3.8, 4) is 17.2 Å². The summed E-state index contributed by atoms with van der Waals surface area (Å²) in [6.45, 7) is 4.58. The Balaban J connectivity index is 1.87. The van der Waals surface area contributed by atoms with Gasteiger partial charge in [0.2, 0.25) is 0 Å². The number of benzene rings is 2. The zero-order valence-electron chi connectivity index (χ0n) is 19.9. The molecule has 2 aromatic rings. The minimum absolute atomic E-state index is 0.0412. The van der Waals surface area contributed by atoms with Gasteiger partial charge in [-0.15, -0.1) is 0 Å². The van der Waals surface area contributed by atoms with Crippen LogP contribution in [0.4, 0.5) is 0 Å². The Morgan fingerprint density at radius 1 is 0.971 bits per heavy atom. The number of aliphatic hydroxyl groups is 1. The van der Waals surface area contributed by atoms with E-state index in [2.05, 4.69) is 0 Å². The number of methoxy groups -OCH3 is 1. The molecule has 0 bridgehead atoms. The number of ketones is 1. The maximum Gasteiger partial charge on any atom is 0.295 e. The number of nitrogens with zero attached hydrogens (tertiary/aromatic N) is 1. The minimum atomic E-state index is -0.685. The molecule has 1 saturated heterocycles. The highest BCUT2D eigenvalue weighted by atomic mass is 16.5. The van der Waals surface area contributed by atoms with Crippen LogP contribution in [-0.4, -0.2) is 48.1 Å². The first-order valence-electron chi connectivity index (χ1n) is 11.8. The molecule has 1 unspecified atom stereocenters. The lowest BCUT2D eigenvalue weighted by molar-refractivity contribution is -0.141. The summed E-state index contributed by atoms with van der Waals surface area (Å²) in [6.07, 6.45) is 3.70. The number of ether oxygens (including phenoxy) is 3. The van der Waals surface area contributed by atoms with Crippen molar-refractivity contribution < 1.29 is 28.9 Å². The molecule has 7 nitrogen and oxygen atoms in total. The van der Waals surface area contributed by atoms with Crippen LogP contribution in [0.5, 0.6) is 17.2 Å². The van der Waals surface area contributed by atoms with E-state index in [-0.39, 0.29) is 17.4 Å². The number of carbonyl (C=O) groups excluding carboxylic acids is 2. The maximum absolute atomic E-state index is 13.3. The zero-order valence-corrected chi connectivity index (χ0v) is 19.9. The van der Waals surface area contributed by atoms with Gasteiger partial charge < -0.3 is 24.2 Å². The molecule has 1 heterocycles. The molecule has 1 atom stereocenters. The smallest absolute Gasteiger partial charge is 0.295 e. The van der Waals surface area contributed by atoms with Crippen molar-refractivity contribution in [1.29, 1.82) is 0 Å². The van der Waals surface area contributed by atoms with Gasteiger partial charge in [-0.2, -0.15) is 0 Å². The standard InChI is InChI=1S/C27H31NO6/c1-4-33-20-14-15-21(22(16-20)34-5-2)25(29)23-24(17-10-12-19(32-3)13-11-17)28(27(31)26(23)30)18-8-6-7-9-18/h10-16,18,24,29H,4-9H2,1-3H3/b25-23-.